The zero-order chi connectivity index (χ0) is 30.2. The fourth-order valence-corrected chi connectivity index (χ4v) is 6.18. The number of carbonyl (C=O) groups is 2. The van der Waals surface area contributed by atoms with Crippen LogP contribution in [-0.2, 0) is 19.6 Å². The van der Waals surface area contributed by atoms with E-state index < -0.39 is 33.6 Å². The summed E-state index contributed by atoms with van der Waals surface area (Å²) in [5.41, 5.74) is 1.89. The normalized spacial score (nSPS) is 17.5. The average Bonchev–Trinajstić information content (AvgIpc) is 3.21. The predicted molar refractivity (Wildman–Crippen MR) is 149 cm³/mol. The standard InChI is InChI=1S/C27H28ClF3N4O5S/c1-17-13-20(34(3)23(36)16-28)14-18(2)22(17)7-12-41(38,39)35-10-8-26(9-11-35)25(37)32-24(33-26)19-5-4-6-21(15-19)40-27(29,30)31/h4-7,12-15H,8-11,16H2,1-3H3,(H,32,33,37). The zero-order valence-electron chi connectivity index (χ0n) is 22.5. The maximum Gasteiger partial charge on any atom is 0.573 e. The highest BCUT2D eigenvalue weighted by Crippen LogP contribution is 2.33. The Labute approximate surface area is 240 Å². The molecule has 2 amide bonds. The first kappa shape index (κ1) is 30.5. The number of nitrogens with zero attached hydrogens (tertiary/aromatic N) is 3. The quantitative estimate of drug-likeness (QED) is 0.474. The van der Waals surface area contributed by atoms with Gasteiger partial charge < -0.3 is 15.0 Å². The van der Waals surface area contributed by atoms with Crippen LogP contribution in [0.1, 0.15) is 35.1 Å². The lowest BCUT2D eigenvalue weighted by Gasteiger charge is -2.34. The molecular weight excluding hydrogens is 585 g/mol. The van der Waals surface area contributed by atoms with Gasteiger partial charge in [-0.25, -0.2) is 8.42 Å². The smallest absolute Gasteiger partial charge is 0.406 e. The van der Waals surface area contributed by atoms with Crippen molar-refractivity contribution in [1.29, 1.82) is 0 Å². The van der Waals surface area contributed by atoms with Crippen molar-refractivity contribution in [3.05, 3.63) is 64.1 Å². The van der Waals surface area contributed by atoms with Crippen molar-refractivity contribution in [3.8, 4) is 5.75 Å². The number of amidine groups is 1. The Balaban J connectivity index is 1.47. The van der Waals surface area contributed by atoms with E-state index in [4.69, 9.17) is 11.6 Å². The molecule has 0 unspecified atom stereocenters. The molecule has 2 aliphatic heterocycles. The highest BCUT2D eigenvalue weighted by Gasteiger charge is 2.47. The van der Waals surface area contributed by atoms with Crippen LogP contribution in [0.15, 0.2) is 46.8 Å². The summed E-state index contributed by atoms with van der Waals surface area (Å²) < 4.78 is 69.3. The number of anilines is 1. The number of hydrogen-bond donors (Lipinski definition) is 1. The van der Waals surface area contributed by atoms with Crippen molar-refractivity contribution in [2.75, 3.05) is 30.9 Å². The molecule has 1 N–H and O–H groups in total. The van der Waals surface area contributed by atoms with E-state index in [0.29, 0.717) is 11.3 Å². The fourth-order valence-electron chi connectivity index (χ4n) is 4.83. The first-order valence-electron chi connectivity index (χ1n) is 12.5. The van der Waals surface area contributed by atoms with Crippen molar-refractivity contribution in [2.45, 2.75) is 38.6 Å². The van der Waals surface area contributed by atoms with Gasteiger partial charge in [0, 0.05) is 36.8 Å². The van der Waals surface area contributed by atoms with E-state index in [2.05, 4.69) is 15.0 Å². The molecular formula is C27H28ClF3N4O5S. The minimum Gasteiger partial charge on any atom is -0.406 e. The Morgan fingerprint density at radius 2 is 1.83 bits per heavy atom. The monoisotopic (exact) mass is 612 g/mol. The van der Waals surface area contributed by atoms with Gasteiger partial charge in [0.2, 0.25) is 15.9 Å². The Hall–Kier alpha value is -3.42. The molecule has 2 heterocycles. The van der Waals surface area contributed by atoms with Gasteiger partial charge in [0.1, 0.15) is 23.0 Å². The second-order valence-corrected chi connectivity index (χ2v) is 11.9. The molecule has 0 aliphatic carbocycles. The lowest BCUT2D eigenvalue weighted by Crippen LogP contribution is -2.50. The number of hydrogen-bond acceptors (Lipinski definition) is 6. The van der Waals surface area contributed by atoms with E-state index >= 15 is 0 Å². The summed E-state index contributed by atoms with van der Waals surface area (Å²) in [6.07, 6.45) is -3.16. The van der Waals surface area contributed by atoms with Crippen LogP contribution in [-0.4, -0.2) is 68.3 Å². The van der Waals surface area contributed by atoms with Crippen molar-refractivity contribution in [2.24, 2.45) is 4.99 Å². The molecule has 1 spiro atoms. The van der Waals surface area contributed by atoms with Crippen molar-refractivity contribution in [3.63, 3.8) is 0 Å². The summed E-state index contributed by atoms with van der Waals surface area (Å²) in [7, 11) is -2.23. The Morgan fingerprint density at radius 3 is 2.41 bits per heavy atom. The maximum atomic E-state index is 13.1. The van der Waals surface area contributed by atoms with E-state index in [0.717, 1.165) is 28.7 Å². The first-order chi connectivity index (χ1) is 19.1. The van der Waals surface area contributed by atoms with Crippen LogP contribution in [0.5, 0.6) is 5.75 Å². The van der Waals surface area contributed by atoms with Crippen molar-refractivity contribution in [1.82, 2.24) is 9.62 Å². The SMILES string of the molecule is Cc1cc(N(C)C(=O)CCl)cc(C)c1C=CS(=O)(=O)N1CCC2(CC1)N=C(c1cccc(OC(F)(F)F)c1)NC2=O. The number of ether oxygens (including phenoxy) is 1. The second-order valence-electron chi connectivity index (χ2n) is 9.85. The number of piperidine rings is 1. The van der Waals surface area contributed by atoms with Crippen LogP contribution in [0.4, 0.5) is 18.9 Å². The highest BCUT2D eigenvalue weighted by atomic mass is 35.5. The van der Waals surface area contributed by atoms with E-state index in [1.807, 2.05) is 13.8 Å². The number of nitrogens with one attached hydrogen (secondary N) is 1. The van der Waals surface area contributed by atoms with Gasteiger partial charge in [0.25, 0.3) is 5.91 Å². The molecule has 2 aromatic rings. The topological polar surface area (TPSA) is 108 Å². The molecule has 4 rings (SSSR count). The molecule has 14 heteroatoms. The molecule has 0 radical (unpaired) electrons. The van der Waals surface area contributed by atoms with Crippen LogP contribution in [0, 0.1) is 13.8 Å². The summed E-state index contributed by atoms with van der Waals surface area (Å²) in [6.45, 7) is 3.67. The first-order valence-corrected chi connectivity index (χ1v) is 14.6. The molecule has 220 valence electrons. The number of alkyl halides is 4. The number of aryl methyl sites for hydroxylation is 2. The number of rotatable bonds is 7. The third kappa shape index (κ3) is 6.74. The Morgan fingerprint density at radius 1 is 1.20 bits per heavy atom. The summed E-state index contributed by atoms with van der Waals surface area (Å²) in [4.78, 5) is 30.7. The van der Waals surface area contributed by atoms with Gasteiger partial charge in [-0.05, 0) is 73.7 Å². The molecule has 0 atom stereocenters. The van der Waals surface area contributed by atoms with Crippen LogP contribution >= 0.6 is 11.6 Å². The highest BCUT2D eigenvalue weighted by molar-refractivity contribution is 7.92. The van der Waals surface area contributed by atoms with Gasteiger partial charge in [0.15, 0.2) is 0 Å². The predicted octanol–water partition coefficient (Wildman–Crippen LogP) is 4.12. The van der Waals surface area contributed by atoms with Gasteiger partial charge in [-0.2, -0.15) is 4.31 Å². The van der Waals surface area contributed by atoms with Gasteiger partial charge in [0.05, 0.1) is 0 Å². The van der Waals surface area contributed by atoms with Gasteiger partial charge in [-0.1, -0.05) is 12.1 Å². The third-order valence-electron chi connectivity index (χ3n) is 7.09. The van der Waals surface area contributed by atoms with Gasteiger partial charge in [-0.3, -0.25) is 14.6 Å². The molecule has 1 saturated heterocycles. The fraction of sp³-hybridized carbons (Fsp3) is 0.370. The van der Waals surface area contributed by atoms with Crippen LogP contribution in [0.25, 0.3) is 6.08 Å². The summed E-state index contributed by atoms with van der Waals surface area (Å²) in [5.74, 6) is -1.21. The molecule has 0 saturated carbocycles. The minimum absolute atomic E-state index is 0.0241. The Kier molecular flexibility index (Phi) is 8.53. The molecule has 2 aliphatic rings. The third-order valence-corrected chi connectivity index (χ3v) is 8.89. The van der Waals surface area contributed by atoms with Gasteiger partial charge in [-0.15, -0.1) is 24.8 Å². The lowest BCUT2D eigenvalue weighted by atomic mass is 9.89. The molecule has 2 aromatic carbocycles. The van der Waals surface area contributed by atoms with Crippen LogP contribution < -0.4 is 15.0 Å². The minimum atomic E-state index is -4.87. The van der Waals surface area contributed by atoms with Crippen molar-refractivity contribution < 1.29 is 35.9 Å². The van der Waals surface area contributed by atoms with E-state index in [-0.39, 0.29) is 49.1 Å². The van der Waals surface area contributed by atoms with Crippen molar-refractivity contribution >= 4 is 51.0 Å². The van der Waals surface area contributed by atoms with E-state index in [1.165, 1.54) is 27.4 Å². The summed E-state index contributed by atoms with van der Waals surface area (Å²) >= 11 is 5.65. The lowest BCUT2D eigenvalue weighted by molar-refractivity contribution is -0.274. The number of amides is 2. The van der Waals surface area contributed by atoms with Gasteiger partial charge >= 0.3 is 6.36 Å². The van der Waals surface area contributed by atoms with Crippen LogP contribution in [0.2, 0.25) is 0 Å². The number of halogens is 4. The molecule has 0 aromatic heterocycles. The average molecular weight is 613 g/mol. The molecule has 9 nitrogen and oxygen atoms in total. The summed E-state index contributed by atoms with van der Waals surface area (Å²) in [6, 6.07) is 8.66. The number of sulfonamides is 1. The summed E-state index contributed by atoms with van der Waals surface area (Å²) in [5, 5.41) is 3.73. The molecule has 0 bridgehead atoms. The van der Waals surface area contributed by atoms with Crippen LogP contribution in [0.3, 0.4) is 0 Å². The Bertz CT molecular complexity index is 1510. The number of aliphatic imine (C=N–C) groups is 1. The zero-order valence-corrected chi connectivity index (χ0v) is 24.0. The van der Waals surface area contributed by atoms with E-state index in [1.54, 1.807) is 19.2 Å². The maximum absolute atomic E-state index is 13.1. The van der Waals surface area contributed by atoms with E-state index in [9.17, 15) is 31.2 Å². The molecule has 41 heavy (non-hydrogen) atoms. The largest absolute Gasteiger partial charge is 0.573 e. The number of carbonyl (C=O) groups excluding carboxylic acids is 2. The molecule has 1 fully saturated rings. The number of benzene rings is 2. The second kappa shape index (κ2) is 11.5.